The molecule has 8 N–H and O–H groups in total. The van der Waals surface area contributed by atoms with E-state index in [1.54, 1.807) is 121 Å². The molecule has 0 saturated heterocycles. The topological polar surface area (TPSA) is 524 Å². The van der Waals surface area contributed by atoms with E-state index < -0.39 is 46.3 Å². The number of azo groups is 8. The molecule has 636 valence electrons. The van der Waals surface area contributed by atoms with Gasteiger partial charge in [-0.3, -0.25) is 13.7 Å². The van der Waals surface area contributed by atoms with Gasteiger partial charge in [0.1, 0.15) is 27.9 Å². The van der Waals surface area contributed by atoms with Crippen molar-refractivity contribution in [3.63, 3.8) is 0 Å². The summed E-state index contributed by atoms with van der Waals surface area (Å²) in [7, 11) is -13.5. The summed E-state index contributed by atoms with van der Waals surface area (Å²) in [6.45, 7) is 7.85. The van der Waals surface area contributed by atoms with E-state index in [1.807, 2.05) is 94.4 Å². The van der Waals surface area contributed by atoms with Crippen LogP contribution in [0.4, 0.5) is 126 Å². The van der Waals surface area contributed by atoms with Gasteiger partial charge in [-0.1, -0.05) is 60.7 Å². The average molecular weight is 1770 g/mol. The molecule has 0 aliphatic rings. The fourth-order valence-electron chi connectivity index (χ4n) is 11.9. The second-order valence-corrected chi connectivity index (χ2v) is 32.9. The third kappa shape index (κ3) is 25.1. The van der Waals surface area contributed by atoms with Gasteiger partial charge in [-0.05, 0) is 267 Å². The summed E-state index contributed by atoms with van der Waals surface area (Å²) >= 11 is -2.44. The van der Waals surface area contributed by atoms with Crippen LogP contribution in [0.5, 0.6) is 0 Å². The van der Waals surface area contributed by atoms with Crippen LogP contribution in [-0.4, -0.2) is 90.7 Å². The second-order valence-electron chi connectivity index (χ2n) is 27.8. The molecule has 14 rings (SSSR count). The molecular formula is C86H72N26O11S4. The Morgan fingerprint density at radius 2 is 0.591 bits per heavy atom. The highest BCUT2D eigenvalue weighted by Crippen LogP contribution is 2.37. The lowest BCUT2D eigenvalue weighted by Crippen LogP contribution is -2.19. The zero-order valence-electron chi connectivity index (χ0n) is 67.4. The molecule has 2 heterocycles. The maximum atomic E-state index is 12.7. The van der Waals surface area contributed by atoms with Crippen LogP contribution in [-0.2, 0) is 54.3 Å². The molecule has 12 aromatic carbocycles. The molecular weight excluding hydrogens is 1700 g/mol. The van der Waals surface area contributed by atoms with Crippen molar-refractivity contribution in [1.82, 2.24) is 29.9 Å². The van der Waals surface area contributed by atoms with Gasteiger partial charge in [-0.15, -0.1) is 10.2 Å². The summed E-state index contributed by atoms with van der Waals surface area (Å²) in [5.74, 6) is 1.52. The predicted molar refractivity (Wildman–Crippen MR) is 477 cm³/mol. The van der Waals surface area contributed by atoms with Gasteiger partial charge in [0.25, 0.3) is 30.4 Å². The number of aryl methyl sites for hydroxylation is 4. The lowest BCUT2D eigenvalue weighted by molar-refractivity contribution is 0.481. The minimum Gasteiger partial charge on any atom is -0.352 e. The number of nitrogens with zero attached hydrogens (tertiary/aromatic N) is 22. The first-order chi connectivity index (χ1) is 61.1. The first-order valence-corrected chi connectivity index (χ1v) is 43.7. The Morgan fingerprint density at radius 1 is 0.291 bits per heavy atom. The van der Waals surface area contributed by atoms with E-state index in [4.69, 9.17) is 29.9 Å². The summed E-state index contributed by atoms with van der Waals surface area (Å²) in [5.41, 5.74) is 12.2. The van der Waals surface area contributed by atoms with Gasteiger partial charge in [0.15, 0.2) is 11.1 Å². The van der Waals surface area contributed by atoms with Gasteiger partial charge in [0.05, 0.1) is 94.3 Å². The summed E-state index contributed by atoms with van der Waals surface area (Å²) < 4.78 is 123. The third-order valence-electron chi connectivity index (χ3n) is 18.2. The summed E-state index contributed by atoms with van der Waals surface area (Å²) in [4.78, 5) is 28.0. The Labute approximate surface area is 728 Å². The summed E-state index contributed by atoms with van der Waals surface area (Å²) in [6.07, 6.45) is 0.490. The molecule has 0 bridgehead atoms. The lowest BCUT2D eigenvalue weighted by atomic mass is 10.1. The number of hydrogen-bond acceptors (Lipinski definition) is 33. The van der Waals surface area contributed by atoms with E-state index in [-0.39, 0.29) is 81.5 Å². The van der Waals surface area contributed by atoms with Gasteiger partial charge in [0, 0.05) is 37.3 Å². The van der Waals surface area contributed by atoms with E-state index in [1.165, 1.54) is 72.8 Å². The summed E-state index contributed by atoms with van der Waals surface area (Å²) in [6, 6.07) is 72.5. The predicted octanol–water partition coefficient (Wildman–Crippen LogP) is 24.1. The molecule has 0 saturated carbocycles. The Kier molecular flexibility index (Phi) is 27.8. The van der Waals surface area contributed by atoms with Crippen molar-refractivity contribution in [2.24, 2.45) is 81.8 Å². The first-order valence-electron chi connectivity index (χ1n) is 38.2. The number of nitrogens with one attached hydrogen (secondary N) is 4. The molecule has 0 aliphatic heterocycles. The Balaban J connectivity index is 0.700. The Morgan fingerprint density at radius 3 is 0.969 bits per heavy atom. The number of hydrogen-bond donors (Lipinski definition) is 8. The fraction of sp³-hybridized carbons (Fsp3) is 0.0930. The maximum Gasteiger partial charge on any atom is 0.296 e. The molecule has 37 nitrogen and oxygen atoms in total. The molecule has 127 heavy (non-hydrogen) atoms. The molecule has 41 heteroatoms. The fourth-order valence-corrected chi connectivity index (χ4v) is 14.0. The average Bonchev–Trinajstić information content (AvgIpc) is 0.823. The van der Waals surface area contributed by atoms with Crippen LogP contribution in [0.3, 0.4) is 0 Å². The lowest BCUT2D eigenvalue weighted by Gasteiger charge is -2.13. The molecule has 0 amide bonds. The van der Waals surface area contributed by atoms with Crippen LogP contribution < -0.4 is 21.3 Å². The van der Waals surface area contributed by atoms with Crippen LogP contribution in [0.1, 0.15) is 45.0 Å². The minimum atomic E-state index is -4.78. The Hall–Kier alpha value is -15.5. The number of rotatable bonds is 33. The van der Waals surface area contributed by atoms with Gasteiger partial charge >= 0.3 is 0 Å². The Bertz CT molecular complexity index is 7070. The molecule has 0 fully saturated rings. The van der Waals surface area contributed by atoms with Crippen LogP contribution in [0.15, 0.2) is 368 Å². The molecule has 0 radical (unpaired) electrons. The smallest absolute Gasteiger partial charge is 0.296 e. The largest absolute Gasteiger partial charge is 0.352 e. The van der Waals surface area contributed by atoms with Gasteiger partial charge < -0.3 is 25.8 Å². The van der Waals surface area contributed by atoms with Crippen molar-refractivity contribution >= 4 is 168 Å². The van der Waals surface area contributed by atoms with E-state index in [9.17, 15) is 47.7 Å². The van der Waals surface area contributed by atoms with Crippen LogP contribution >= 0.6 is 0 Å². The first kappa shape index (κ1) is 87.8. The van der Waals surface area contributed by atoms with E-state index >= 15 is 0 Å². The second kappa shape index (κ2) is 40.2. The SMILES string of the molecule is Cc1cc(Cc2nc(Cc3ccc(N=Nc4ccc(N=Nc5ccccc5)cc4S(=O)(=O)O)c(C)c3)nc(NCCNc3nc(Nc4ccc(N=Nc5ccc(N=Nc6ccc(S(=O)(=O)O)cc6)cc5)c(C)c4)nc(Nc4ccc(N=Nc5ccc(N=Nc6ccccc6)cc5S(=O)O)c(C)c4)n3)n2)ccc1N=Nc1ccc(N=Nc2ccc(S(=O)(=O)O)cc2)cc1. The molecule has 0 spiro atoms. The molecule has 0 aliphatic carbocycles. The highest BCUT2D eigenvalue weighted by atomic mass is 32.2. The number of benzene rings is 12. The van der Waals surface area contributed by atoms with Crippen molar-refractivity contribution in [2.75, 3.05) is 34.4 Å². The monoisotopic (exact) mass is 1770 g/mol. The third-order valence-corrected chi connectivity index (χ3v) is 21.6. The van der Waals surface area contributed by atoms with E-state index in [0.29, 0.717) is 108 Å². The summed E-state index contributed by atoms with van der Waals surface area (Å²) in [5, 5.41) is 82.0. The van der Waals surface area contributed by atoms with Crippen molar-refractivity contribution in [2.45, 2.75) is 60.1 Å². The van der Waals surface area contributed by atoms with E-state index in [2.05, 4.69) is 103 Å². The number of aromatic nitrogens is 6. The van der Waals surface area contributed by atoms with Crippen molar-refractivity contribution in [3.05, 3.63) is 312 Å². The van der Waals surface area contributed by atoms with Gasteiger partial charge in [-0.2, -0.15) is 122 Å². The van der Waals surface area contributed by atoms with Crippen molar-refractivity contribution in [3.8, 4) is 0 Å². The molecule has 2 aromatic heterocycles. The minimum absolute atomic E-state index is 0.0128. The van der Waals surface area contributed by atoms with Crippen molar-refractivity contribution in [1.29, 1.82) is 0 Å². The highest BCUT2D eigenvalue weighted by molar-refractivity contribution is 7.86. The van der Waals surface area contributed by atoms with Crippen LogP contribution in [0.2, 0.25) is 0 Å². The zero-order chi connectivity index (χ0) is 89.0. The molecule has 1 unspecified atom stereocenters. The standard InChI is InChI=1S/C86H72N26O11S4/c1-53-45-57(15-37-73(53)107-103-63-21-17-61(18-22-63)99-101-65-25-33-71(34-26-65)125(115,116)117)49-81-91-82(50-58-16-38-74(54(2)46-58)110-112-78-42-32-70(52-80(78)127(121,122)123)106-98-60-13-9-6-10-14-60)93-83(92-81)87-43-44-88-84-94-85(89-67-29-39-75(55(3)47-67)108-104-64-23-19-62(20-24-64)100-102-66-27-35-72(36-28-66)126(118,119)120)96-86(95-84)90-68-30-40-76(56(4)48-68)109-111-77-41-31-69(51-79(77)124(113)114)105-97-59-11-7-5-8-12-59/h5-42,45-48,51-52H,43-44,49-50H2,1-4H3,(H,113,114)(H,115,116,117)(H,118,119,120)(H,121,122,123)(H,87,91,92,93)(H3,88,89,90,94,95,96). The van der Waals surface area contributed by atoms with Gasteiger partial charge in [-0.25, -0.2) is 9.19 Å². The van der Waals surface area contributed by atoms with E-state index in [0.717, 1.165) is 28.3 Å². The van der Waals surface area contributed by atoms with Crippen molar-refractivity contribution < 1.29 is 47.7 Å². The highest BCUT2D eigenvalue weighted by Gasteiger charge is 2.20. The van der Waals surface area contributed by atoms with Gasteiger partial charge in [0.2, 0.25) is 23.8 Å². The van der Waals surface area contributed by atoms with Crippen LogP contribution in [0, 0.1) is 27.7 Å². The maximum absolute atomic E-state index is 12.7. The molecule has 14 aromatic rings. The molecule has 1 atom stereocenters. The number of anilines is 6. The normalized spacial score (nSPS) is 12.5. The zero-order valence-corrected chi connectivity index (χ0v) is 70.6. The quantitative estimate of drug-likeness (QED) is 0.00819. The van der Waals surface area contributed by atoms with Crippen LogP contribution in [0.25, 0.3) is 0 Å².